The molecule has 1 rings (SSSR count). The van der Waals surface area contributed by atoms with Crippen LogP contribution in [0.5, 0.6) is 0 Å². The molecular weight excluding hydrogens is 174 g/mol. The van der Waals surface area contributed by atoms with Crippen LogP contribution >= 0.6 is 11.6 Å². The Morgan fingerprint density at radius 1 is 1.50 bits per heavy atom. The number of hydrogen-bond acceptors (Lipinski definition) is 1. The molecule has 1 amide bonds. The molecule has 0 saturated carbocycles. The van der Waals surface area contributed by atoms with Crippen molar-refractivity contribution in [3.63, 3.8) is 0 Å². The first-order valence-electron chi connectivity index (χ1n) is 4.68. The Bertz CT molecular complexity index is 149. The maximum absolute atomic E-state index is 11.2. The predicted molar refractivity (Wildman–Crippen MR) is 50.3 cm³/mol. The topological polar surface area (TPSA) is 29.1 Å². The smallest absolute Gasteiger partial charge is 0.223 e. The van der Waals surface area contributed by atoms with E-state index in [-0.39, 0.29) is 11.8 Å². The maximum Gasteiger partial charge on any atom is 0.223 e. The van der Waals surface area contributed by atoms with Crippen LogP contribution in [-0.2, 0) is 4.79 Å². The maximum atomic E-state index is 11.2. The van der Waals surface area contributed by atoms with Gasteiger partial charge in [0.2, 0.25) is 5.91 Å². The number of piperidine rings is 1. The minimum absolute atomic E-state index is 0.246. The molecule has 0 bridgehead atoms. The zero-order valence-electron chi connectivity index (χ0n) is 7.31. The van der Waals surface area contributed by atoms with E-state index in [9.17, 15) is 4.79 Å². The lowest BCUT2D eigenvalue weighted by molar-refractivity contribution is -0.126. The molecule has 0 aromatic heterocycles. The highest BCUT2D eigenvalue weighted by Gasteiger charge is 2.20. The Morgan fingerprint density at radius 2 is 2.33 bits per heavy atom. The van der Waals surface area contributed by atoms with Crippen molar-refractivity contribution in [2.75, 3.05) is 12.4 Å². The third-order valence-corrected chi connectivity index (χ3v) is 2.60. The normalized spacial score (nSPS) is 23.8. The van der Waals surface area contributed by atoms with Crippen LogP contribution in [0, 0.1) is 5.92 Å². The van der Waals surface area contributed by atoms with Gasteiger partial charge in [-0.3, -0.25) is 4.79 Å². The van der Waals surface area contributed by atoms with Crippen LogP contribution in [0.15, 0.2) is 0 Å². The van der Waals surface area contributed by atoms with E-state index in [1.54, 1.807) is 0 Å². The van der Waals surface area contributed by atoms with Crippen molar-refractivity contribution in [1.29, 1.82) is 0 Å². The van der Waals surface area contributed by atoms with E-state index in [0.717, 1.165) is 38.6 Å². The Kier molecular flexibility index (Phi) is 4.44. The van der Waals surface area contributed by atoms with Crippen LogP contribution in [0.2, 0.25) is 0 Å². The fourth-order valence-electron chi connectivity index (χ4n) is 1.60. The van der Waals surface area contributed by atoms with Gasteiger partial charge in [-0.15, -0.1) is 11.6 Å². The van der Waals surface area contributed by atoms with Crippen molar-refractivity contribution in [3.8, 4) is 0 Å². The first kappa shape index (κ1) is 9.85. The third kappa shape index (κ3) is 3.02. The van der Waals surface area contributed by atoms with Crippen LogP contribution in [-0.4, -0.2) is 18.3 Å². The van der Waals surface area contributed by atoms with E-state index in [4.69, 9.17) is 11.6 Å². The summed E-state index contributed by atoms with van der Waals surface area (Å²) in [6, 6.07) is 0. The number of unbranched alkanes of at least 4 members (excludes halogenated alkanes) is 1. The first-order valence-corrected chi connectivity index (χ1v) is 5.21. The molecule has 1 unspecified atom stereocenters. The van der Waals surface area contributed by atoms with Crippen molar-refractivity contribution in [2.45, 2.75) is 32.1 Å². The van der Waals surface area contributed by atoms with Crippen LogP contribution in [0.3, 0.4) is 0 Å². The van der Waals surface area contributed by atoms with E-state index < -0.39 is 0 Å². The monoisotopic (exact) mass is 189 g/mol. The highest BCUT2D eigenvalue weighted by atomic mass is 35.5. The molecule has 1 saturated heterocycles. The molecular formula is C9H16ClNO. The van der Waals surface area contributed by atoms with Gasteiger partial charge >= 0.3 is 0 Å². The fourth-order valence-corrected chi connectivity index (χ4v) is 1.79. The molecule has 1 heterocycles. The molecule has 12 heavy (non-hydrogen) atoms. The van der Waals surface area contributed by atoms with Gasteiger partial charge in [0.15, 0.2) is 0 Å². The number of nitrogens with one attached hydrogen (secondary N) is 1. The van der Waals surface area contributed by atoms with Crippen molar-refractivity contribution >= 4 is 17.5 Å². The van der Waals surface area contributed by atoms with Crippen LogP contribution in [0.4, 0.5) is 0 Å². The Labute approximate surface area is 78.7 Å². The molecule has 0 radical (unpaired) electrons. The summed E-state index contributed by atoms with van der Waals surface area (Å²) in [5.74, 6) is 1.23. The van der Waals surface area contributed by atoms with Crippen molar-refractivity contribution in [1.82, 2.24) is 5.32 Å². The predicted octanol–water partition coefficient (Wildman–Crippen LogP) is 1.92. The van der Waals surface area contributed by atoms with Crippen molar-refractivity contribution in [3.05, 3.63) is 0 Å². The van der Waals surface area contributed by atoms with Gasteiger partial charge < -0.3 is 5.32 Å². The van der Waals surface area contributed by atoms with Gasteiger partial charge in [0.25, 0.3) is 0 Å². The molecule has 3 heteroatoms. The fraction of sp³-hybridized carbons (Fsp3) is 0.889. The molecule has 1 fully saturated rings. The average Bonchev–Trinajstić information content (AvgIpc) is 2.09. The van der Waals surface area contributed by atoms with Gasteiger partial charge in [0.1, 0.15) is 0 Å². The highest BCUT2D eigenvalue weighted by Crippen LogP contribution is 2.17. The number of alkyl halides is 1. The number of carbonyl (C=O) groups is 1. The second-order valence-electron chi connectivity index (χ2n) is 3.31. The van der Waals surface area contributed by atoms with Crippen LogP contribution in [0.25, 0.3) is 0 Å². The van der Waals surface area contributed by atoms with Crippen molar-refractivity contribution in [2.24, 2.45) is 5.92 Å². The summed E-state index contributed by atoms with van der Waals surface area (Å²) in [6.07, 6.45) is 5.33. The number of halogens is 1. The molecule has 1 aliphatic rings. The van der Waals surface area contributed by atoms with E-state index in [2.05, 4.69) is 5.32 Å². The van der Waals surface area contributed by atoms with Gasteiger partial charge in [-0.25, -0.2) is 0 Å². The second-order valence-corrected chi connectivity index (χ2v) is 3.69. The summed E-state index contributed by atoms with van der Waals surface area (Å²) in [4.78, 5) is 11.2. The van der Waals surface area contributed by atoms with Crippen LogP contribution < -0.4 is 5.32 Å². The Morgan fingerprint density at radius 3 is 3.00 bits per heavy atom. The lowest BCUT2D eigenvalue weighted by Gasteiger charge is -2.21. The molecule has 0 aromatic rings. The molecule has 2 nitrogen and oxygen atoms in total. The summed E-state index contributed by atoms with van der Waals surface area (Å²) >= 11 is 5.56. The quantitative estimate of drug-likeness (QED) is 0.532. The number of rotatable bonds is 4. The lowest BCUT2D eigenvalue weighted by atomic mass is 9.93. The molecule has 0 aromatic carbocycles. The standard InChI is InChI=1S/C9H16ClNO/c10-6-2-1-4-8-5-3-7-11-9(8)12/h8H,1-7H2,(H,11,12). The van der Waals surface area contributed by atoms with Crippen LogP contribution in [0.1, 0.15) is 32.1 Å². The SMILES string of the molecule is O=C1NCCCC1CCCCCl. The molecule has 1 N–H and O–H groups in total. The zero-order valence-corrected chi connectivity index (χ0v) is 8.07. The molecule has 0 spiro atoms. The van der Waals surface area contributed by atoms with Gasteiger partial charge in [0, 0.05) is 18.3 Å². The number of amides is 1. The summed E-state index contributed by atoms with van der Waals surface area (Å²) < 4.78 is 0. The summed E-state index contributed by atoms with van der Waals surface area (Å²) in [7, 11) is 0. The Hall–Kier alpha value is -0.240. The van der Waals surface area contributed by atoms with E-state index in [1.165, 1.54) is 0 Å². The summed E-state index contributed by atoms with van der Waals surface area (Å²) in [5.41, 5.74) is 0. The Balaban J connectivity index is 2.16. The average molecular weight is 190 g/mol. The van der Waals surface area contributed by atoms with E-state index in [0.29, 0.717) is 5.88 Å². The summed E-state index contributed by atoms with van der Waals surface area (Å²) in [6.45, 7) is 0.866. The largest absolute Gasteiger partial charge is 0.356 e. The van der Waals surface area contributed by atoms with Gasteiger partial charge in [-0.05, 0) is 25.7 Å². The minimum Gasteiger partial charge on any atom is -0.356 e. The summed E-state index contributed by atoms with van der Waals surface area (Å²) in [5, 5.41) is 2.89. The van der Waals surface area contributed by atoms with Gasteiger partial charge in [-0.2, -0.15) is 0 Å². The van der Waals surface area contributed by atoms with Crippen molar-refractivity contribution < 1.29 is 4.79 Å². The third-order valence-electron chi connectivity index (χ3n) is 2.34. The first-order chi connectivity index (χ1) is 5.84. The zero-order chi connectivity index (χ0) is 8.81. The van der Waals surface area contributed by atoms with E-state index >= 15 is 0 Å². The van der Waals surface area contributed by atoms with Gasteiger partial charge in [0.05, 0.1) is 0 Å². The van der Waals surface area contributed by atoms with E-state index in [1.807, 2.05) is 0 Å². The number of hydrogen-bond donors (Lipinski definition) is 1. The molecule has 1 atom stereocenters. The highest BCUT2D eigenvalue weighted by molar-refractivity contribution is 6.17. The molecule has 1 aliphatic heterocycles. The van der Waals surface area contributed by atoms with Gasteiger partial charge in [-0.1, -0.05) is 6.42 Å². The molecule has 0 aliphatic carbocycles. The lowest BCUT2D eigenvalue weighted by Crippen LogP contribution is -2.36. The number of carbonyl (C=O) groups excluding carboxylic acids is 1. The molecule has 70 valence electrons. The minimum atomic E-state index is 0.246. The second kappa shape index (κ2) is 5.41.